The number of unbranched alkanes of at least 4 members (excludes halogenated alkanes) is 3. The number of aliphatic hydroxyl groups is 3. The second kappa shape index (κ2) is 17.6. The number of hydrogen-bond donors (Lipinski definition) is 5. The fourth-order valence-electron chi connectivity index (χ4n) is 4.98. The van der Waals surface area contributed by atoms with Gasteiger partial charge in [0.2, 0.25) is 11.8 Å². The molecule has 0 unspecified atom stereocenters. The molecule has 1 aromatic rings. The van der Waals surface area contributed by atoms with Crippen molar-refractivity contribution >= 4 is 17.8 Å². The Bertz CT molecular complexity index is 992. The first kappa shape index (κ1) is 33.2. The molecule has 0 aromatic heterocycles. The van der Waals surface area contributed by atoms with Gasteiger partial charge in [0.1, 0.15) is 11.8 Å². The molecule has 1 saturated carbocycles. The number of aliphatic hydroxyl groups excluding tert-OH is 3. The number of allylic oxidation sites excluding steroid dienone is 2. The quantitative estimate of drug-likeness (QED) is 0.0850. The van der Waals surface area contributed by atoms with E-state index in [2.05, 4.69) is 12.2 Å². The summed E-state index contributed by atoms with van der Waals surface area (Å²) in [7, 11) is 0. The molecule has 6 N–H and O–H groups in total. The highest BCUT2D eigenvalue weighted by Crippen LogP contribution is 2.36. The van der Waals surface area contributed by atoms with Crippen LogP contribution in [0.15, 0.2) is 48.6 Å². The van der Waals surface area contributed by atoms with Gasteiger partial charge in [0, 0.05) is 32.1 Å². The van der Waals surface area contributed by atoms with Gasteiger partial charge >= 0.3 is 5.97 Å². The van der Waals surface area contributed by atoms with Crippen molar-refractivity contribution in [1.29, 1.82) is 0 Å². The fraction of sp³-hybridized carbons (Fsp3) is 0.581. The number of hydrogen-bond acceptors (Lipinski definition) is 7. The SMILES string of the molecule is CCCCC[C@H](O)/C=C/[C@@H]1[C@@H](C/C=C\CCCC(=O)Oc2ccc(C[C@H](NC(C)=O)C(N)=O)cc2)[C@@H](O)C[C@H]1O. The van der Waals surface area contributed by atoms with E-state index >= 15 is 0 Å². The molecule has 0 aliphatic heterocycles. The Morgan fingerprint density at radius 3 is 2.48 bits per heavy atom. The van der Waals surface area contributed by atoms with E-state index in [9.17, 15) is 29.7 Å². The summed E-state index contributed by atoms with van der Waals surface area (Å²) in [5.41, 5.74) is 6.10. The highest BCUT2D eigenvalue weighted by molar-refractivity contribution is 5.85. The minimum Gasteiger partial charge on any atom is -0.427 e. The zero-order valence-corrected chi connectivity index (χ0v) is 23.7. The van der Waals surface area contributed by atoms with E-state index in [4.69, 9.17) is 10.5 Å². The smallest absolute Gasteiger partial charge is 0.311 e. The lowest BCUT2D eigenvalue weighted by Gasteiger charge is -2.19. The Hall–Kier alpha value is -3.01. The van der Waals surface area contributed by atoms with Crippen LogP contribution in [-0.2, 0) is 20.8 Å². The van der Waals surface area contributed by atoms with Crippen molar-refractivity contribution in [2.45, 2.75) is 102 Å². The number of benzene rings is 1. The molecule has 40 heavy (non-hydrogen) atoms. The van der Waals surface area contributed by atoms with Crippen LogP contribution in [0.4, 0.5) is 0 Å². The van der Waals surface area contributed by atoms with Gasteiger partial charge in [-0.2, -0.15) is 0 Å². The number of carbonyl (C=O) groups is 3. The summed E-state index contributed by atoms with van der Waals surface area (Å²) >= 11 is 0. The van der Waals surface area contributed by atoms with Crippen molar-refractivity contribution < 1.29 is 34.4 Å². The maximum Gasteiger partial charge on any atom is 0.311 e. The van der Waals surface area contributed by atoms with Crippen LogP contribution < -0.4 is 15.8 Å². The molecule has 1 aliphatic carbocycles. The second-order valence-electron chi connectivity index (χ2n) is 10.6. The van der Waals surface area contributed by atoms with Gasteiger partial charge in [-0.1, -0.05) is 62.6 Å². The molecule has 1 fully saturated rings. The first-order valence-electron chi connectivity index (χ1n) is 14.3. The Morgan fingerprint density at radius 1 is 1.10 bits per heavy atom. The van der Waals surface area contributed by atoms with E-state index in [1.54, 1.807) is 30.3 Å². The third-order valence-electron chi connectivity index (χ3n) is 7.22. The number of nitrogens with two attached hydrogens (primary N) is 1. The second-order valence-corrected chi connectivity index (χ2v) is 10.6. The molecule has 2 amide bonds. The zero-order valence-electron chi connectivity index (χ0n) is 23.7. The molecule has 0 radical (unpaired) electrons. The monoisotopic (exact) mass is 558 g/mol. The van der Waals surface area contributed by atoms with Crippen LogP contribution in [0.5, 0.6) is 5.75 Å². The molecule has 0 heterocycles. The molecule has 0 saturated heterocycles. The number of esters is 1. The van der Waals surface area contributed by atoms with Gasteiger partial charge in [-0.15, -0.1) is 0 Å². The van der Waals surface area contributed by atoms with E-state index in [1.807, 2.05) is 18.2 Å². The number of ether oxygens (including phenoxy) is 1. The van der Waals surface area contributed by atoms with E-state index in [1.165, 1.54) is 6.92 Å². The third kappa shape index (κ3) is 12.0. The standard InChI is InChI=1S/C31H46N2O7/c1-3-4-7-10-23(35)15-18-26-25(28(36)20-29(26)37)11-8-5-6-9-12-30(38)40-24-16-13-22(14-17-24)19-27(31(32)39)33-21(2)34/h5,8,13-18,23,25-29,35-37H,3-4,6-7,9-12,19-20H2,1-2H3,(H2,32,39)(H,33,34)/b8-5-,18-15+/t23-,25+,26+,27-,28-,29+/m0/s1. The first-order valence-corrected chi connectivity index (χ1v) is 14.3. The molecule has 1 aromatic carbocycles. The number of primary amides is 1. The number of amides is 2. The minimum atomic E-state index is -0.809. The van der Waals surface area contributed by atoms with Gasteiger partial charge in [0.05, 0.1) is 18.3 Å². The molecule has 6 atom stereocenters. The van der Waals surface area contributed by atoms with Gasteiger partial charge < -0.3 is 31.1 Å². The molecule has 9 heteroatoms. The number of nitrogens with one attached hydrogen (secondary N) is 1. The minimum absolute atomic E-state index is 0.116. The van der Waals surface area contributed by atoms with Crippen LogP contribution in [0, 0.1) is 11.8 Å². The van der Waals surface area contributed by atoms with E-state index in [0.717, 1.165) is 24.8 Å². The van der Waals surface area contributed by atoms with Gasteiger partial charge in [-0.3, -0.25) is 14.4 Å². The highest BCUT2D eigenvalue weighted by Gasteiger charge is 2.39. The van der Waals surface area contributed by atoms with Crippen LogP contribution in [0.3, 0.4) is 0 Å². The van der Waals surface area contributed by atoms with Crippen molar-refractivity contribution in [2.24, 2.45) is 17.6 Å². The van der Waals surface area contributed by atoms with Crippen molar-refractivity contribution in [1.82, 2.24) is 5.32 Å². The van der Waals surface area contributed by atoms with Crippen molar-refractivity contribution in [3.05, 3.63) is 54.1 Å². The van der Waals surface area contributed by atoms with Crippen LogP contribution >= 0.6 is 0 Å². The summed E-state index contributed by atoms with van der Waals surface area (Å²) < 4.78 is 5.38. The summed E-state index contributed by atoms with van der Waals surface area (Å²) in [6.45, 7) is 3.43. The largest absolute Gasteiger partial charge is 0.427 e. The third-order valence-corrected chi connectivity index (χ3v) is 7.22. The number of carbonyl (C=O) groups excluding carboxylic acids is 3. The Labute approximate surface area is 237 Å². The van der Waals surface area contributed by atoms with E-state index < -0.39 is 30.3 Å². The Kier molecular flexibility index (Phi) is 14.6. The first-order chi connectivity index (χ1) is 19.1. The maximum atomic E-state index is 12.2. The van der Waals surface area contributed by atoms with E-state index in [-0.39, 0.29) is 36.6 Å². The summed E-state index contributed by atoms with van der Waals surface area (Å²) in [6.07, 6.45) is 12.3. The Morgan fingerprint density at radius 2 is 1.82 bits per heavy atom. The van der Waals surface area contributed by atoms with Gasteiger partial charge in [-0.05, 0) is 49.3 Å². The molecule has 0 spiro atoms. The summed E-state index contributed by atoms with van der Waals surface area (Å²) in [4.78, 5) is 35.0. The lowest BCUT2D eigenvalue weighted by molar-refractivity contribution is -0.134. The van der Waals surface area contributed by atoms with Gasteiger partial charge in [0.25, 0.3) is 0 Å². The molecular weight excluding hydrogens is 512 g/mol. The zero-order chi connectivity index (χ0) is 29.5. The van der Waals surface area contributed by atoms with Crippen molar-refractivity contribution in [3.8, 4) is 5.75 Å². The summed E-state index contributed by atoms with van der Waals surface area (Å²) in [6, 6.07) is 5.89. The fourth-order valence-corrected chi connectivity index (χ4v) is 4.98. The van der Waals surface area contributed by atoms with Gasteiger partial charge in [-0.25, -0.2) is 0 Å². The maximum absolute atomic E-state index is 12.2. The molecule has 1 aliphatic rings. The summed E-state index contributed by atoms with van der Waals surface area (Å²) in [5.74, 6) is -1.25. The predicted molar refractivity (Wildman–Crippen MR) is 153 cm³/mol. The van der Waals surface area contributed by atoms with E-state index in [0.29, 0.717) is 37.9 Å². The van der Waals surface area contributed by atoms with Crippen molar-refractivity contribution in [2.75, 3.05) is 0 Å². The molecule has 222 valence electrons. The van der Waals surface area contributed by atoms with Gasteiger partial charge in [0.15, 0.2) is 0 Å². The van der Waals surface area contributed by atoms with Crippen LogP contribution in [0.1, 0.15) is 77.2 Å². The summed E-state index contributed by atoms with van der Waals surface area (Å²) in [5, 5.41) is 33.5. The molecule has 9 nitrogen and oxygen atoms in total. The van der Waals surface area contributed by atoms with Crippen LogP contribution in [-0.4, -0.2) is 57.5 Å². The van der Waals surface area contributed by atoms with Crippen molar-refractivity contribution in [3.63, 3.8) is 0 Å². The number of rotatable bonds is 17. The molecular formula is C31H46N2O7. The molecule has 2 rings (SSSR count). The normalized spacial score (nSPS) is 22.4. The van der Waals surface area contributed by atoms with Crippen LogP contribution in [0.2, 0.25) is 0 Å². The highest BCUT2D eigenvalue weighted by atomic mass is 16.5. The topological polar surface area (TPSA) is 159 Å². The lowest BCUT2D eigenvalue weighted by atomic mass is 9.89. The average Bonchev–Trinajstić information content (AvgIpc) is 3.16. The Balaban J connectivity index is 1.73. The molecule has 0 bridgehead atoms. The van der Waals surface area contributed by atoms with Crippen LogP contribution in [0.25, 0.3) is 0 Å². The average molecular weight is 559 g/mol. The lowest BCUT2D eigenvalue weighted by Crippen LogP contribution is -2.44. The predicted octanol–water partition coefficient (Wildman–Crippen LogP) is 3.10.